The van der Waals surface area contributed by atoms with Crippen LogP contribution in [-0.4, -0.2) is 0 Å². The molecule has 0 fully saturated rings. The number of allylic oxidation sites excluding steroid dienone is 1. The van der Waals surface area contributed by atoms with E-state index >= 15 is 0 Å². The Morgan fingerprint density at radius 1 is 0.700 bits per heavy atom. The third kappa shape index (κ3) is 4.43. The molecule has 0 amide bonds. The maximum Gasteiger partial charge on any atom is -0.00523 e. The van der Waals surface area contributed by atoms with E-state index in [0.29, 0.717) is 5.92 Å². The van der Waals surface area contributed by atoms with E-state index in [4.69, 9.17) is 0 Å². The van der Waals surface area contributed by atoms with Crippen LogP contribution in [0.5, 0.6) is 0 Å². The molecule has 2 aromatic carbocycles. The van der Waals surface area contributed by atoms with E-state index in [2.05, 4.69) is 113 Å². The van der Waals surface area contributed by atoms with Gasteiger partial charge >= 0.3 is 0 Å². The van der Waals surface area contributed by atoms with Crippen molar-refractivity contribution in [3.63, 3.8) is 0 Å². The van der Waals surface area contributed by atoms with E-state index in [1.807, 2.05) is 0 Å². The van der Waals surface area contributed by atoms with Gasteiger partial charge < -0.3 is 0 Å². The van der Waals surface area contributed by atoms with Crippen LogP contribution in [-0.2, 0) is 17.3 Å². The number of rotatable bonds is 2. The fourth-order valence-electron chi connectivity index (χ4n) is 4.35. The summed E-state index contributed by atoms with van der Waals surface area (Å²) in [6.45, 7) is 25.6. The van der Waals surface area contributed by atoms with Gasteiger partial charge in [-0.1, -0.05) is 118 Å². The third-order valence-corrected chi connectivity index (χ3v) is 6.61. The second-order valence-electron chi connectivity index (χ2n) is 12.7. The van der Waals surface area contributed by atoms with Crippen molar-refractivity contribution in [2.75, 3.05) is 0 Å². The molecule has 0 N–H and O–H groups in total. The summed E-state index contributed by atoms with van der Waals surface area (Å²) in [5, 5.41) is 0. The number of benzene rings is 2. The van der Waals surface area contributed by atoms with Crippen molar-refractivity contribution in [3.05, 3.63) is 63.7 Å². The smallest absolute Gasteiger partial charge is 0.00523 e. The van der Waals surface area contributed by atoms with Gasteiger partial charge in [-0.05, 0) is 67.5 Å². The largest absolute Gasteiger partial charge is 0.0598 e. The molecule has 1 aliphatic carbocycles. The molecule has 0 atom stereocenters. The summed E-state index contributed by atoms with van der Waals surface area (Å²) in [5.41, 5.74) is 12.1. The molecule has 1 aliphatic rings. The molecule has 0 heteroatoms. The van der Waals surface area contributed by atoms with Crippen molar-refractivity contribution < 1.29 is 0 Å². The summed E-state index contributed by atoms with van der Waals surface area (Å²) in [4.78, 5) is 0. The molecule has 2 aromatic rings. The molecular weight excluding hydrogens is 360 g/mol. The minimum absolute atomic E-state index is 0.123. The fourth-order valence-corrected chi connectivity index (χ4v) is 4.35. The quantitative estimate of drug-likeness (QED) is 0.470. The van der Waals surface area contributed by atoms with Crippen molar-refractivity contribution in [1.82, 2.24) is 0 Å². The summed E-state index contributed by atoms with van der Waals surface area (Å²) in [6, 6.07) is 12.1. The lowest BCUT2D eigenvalue weighted by molar-refractivity contribution is 0.498. The highest BCUT2D eigenvalue weighted by molar-refractivity contribution is 5.84. The number of fused-ring (bicyclic) bond motifs is 1. The highest BCUT2D eigenvalue weighted by Crippen LogP contribution is 2.45. The molecular formula is C30H42. The maximum absolute atomic E-state index is 2.50. The van der Waals surface area contributed by atoms with E-state index in [9.17, 15) is 0 Å². The van der Waals surface area contributed by atoms with E-state index in [0.717, 1.165) is 6.42 Å². The second kappa shape index (κ2) is 7.40. The van der Waals surface area contributed by atoms with E-state index in [1.165, 1.54) is 38.9 Å². The zero-order valence-corrected chi connectivity index (χ0v) is 21.2. The third-order valence-electron chi connectivity index (χ3n) is 6.61. The monoisotopic (exact) mass is 402 g/mol. The molecule has 30 heavy (non-hydrogen) atoms. The van der Waals surface area contributed by atoms with Gasteiger partial charge in [-0.15, -0.1) is 0 Å². The number of hydrogen-bond donors (Lipinski definition) is 0. The van der Waals surface area contributed by atoms with Crippen molar-refractivity contribution >= 4 is 6.08 Å². The molecule has 0 saturated heterocycles. The van der Waals surface area contributed by atoms with Crippen LogP contribution in [0.25, 0.3) is 17.2 Å². The van der Waals surface area contributed by atoms with Gasteiger partial charge in [0.05, 0.1) is 0 Å². The Kier molecular flexibility index (Phi) is 5.64. The Hall–Kier alpha value is -1.82. The minimum Gasteiger partial charge on any atom is -0.0598 e. The van der Waals surface area contributed by atoms with Gasteiger partial charge in [0.15, 0.2) is 0 Å². The molecule has 0 radical (unpaired) electrons. The van der Waals surface area contributed by atoms with Crippen LogP contribution in [0, 0.1) is 5.41 Å². The minimum atomic E-state index is 0.123. The summed E-state index contributed by atoms with van der Waals surface area (Å²) in [6.07, 6.45) is 3.58. The number of hydrogen-bond acceptors (Lipinski definition) is 0. The molecule has 0 aliphatic heterocycles. The zero-order valence-electron chi connectivity index (χ0n) is 21.2. The Balaban J connectivity index is 2.36. The lowest BCUT2D eigenvalue weighted by Gasteiger charge is -2.27. The lowest BCUT2D eigenvalue weighted by Crippen LogP contribution is -2.16. The predicted octanol–water partition coefficient (Wildman–Crippen LogP) is 9.06. The maximum atomic E-state index is 2.50. The SMILES string of the molecule is CC(C)c1ccc2c(c1-c1cc(C(C)(C)C)cc(C(C)(C)C)c1)C=C(C(C)(C)C)C2. The van der Waals surface area contributed by atoms with E-state index in [1.54, 1.807) is 5.57 Å². The first kappa shape index (κ1) is 22.9. The summed E-state index contributed by atoms with van der Waals surface area (Å²) in [7, 11) is 0. The molecule has 0 bridgehead atoms. The topological polar surface area (TPSA) is 0 Å². The van der Waals surface area contributed by atoms with Gasteiger partial charge in [0.2, 0.25) is 0 Å². The molecule has 0 unspecified atom stereocenters. The zero-order chi connectivity index (χ0) is 22.6. The summed E-state index contributed by atoms with van der Waals surface area (Å²) in [5.74, 6) is 0.494. The highest BCUT2D eigenvalue weighted by atomic mass is 14.3. The first-order valence-electron chi connectivity index (χ1n) is 11.6. The van der Waals surface area contributed by atoms with Gasteiger partial charge in [0, 0.05) is 0 Å². The molecule has 162 valence electrons. The van der Waals surface area contributed by atoms with Crippen molar-refractivity contribution in [2.45, 2.75) is 99.3 Å². The molecule has 0 saturated carbocycles. The predicted molar refractivity (Wildman–Crippen MR) is 135 cm³/mol. The average molecular weight is 403 g/mol. The normalized spacial score (nSPS) is 14.9. The standard InChI is InChI=1S/C30H42/c1-19(2)25-13-12-20-14-24(30(9,10)11)18-26(20)27(25)21-15-22(28(3,4)5)17-23(16-21)29(6,7)8/h12-13,15-19H,14H2,1-11H3. The first-order chi connectivity index (χ1) is 13.6. The second-order valence-corrected chi connectivity index (χ2v) is 12.7. The first-order valence-corrected chi connectivity index (χ1v) is 11.6. The van der Waals surface area contributed by atoms with E-state index in [-0.39, 0.29) is 16.2 Å². The van der Waals surface area contributed by atoms with Crippen LogP contribution < -0.4 is 0 Å². The Labute approximate surface area is 185 Å². The van der Waals surface area contributed by atoms with Crippen molar-refractivity contribution in [2.24, 2.45) is 5.41 Å². The molecule has 0 aromatic heterocycles. The van der Waals surface area contributed by atoms with Crippen molar-refractivity contribution in [3.8, 4) is 11.1 Å². The molecule has 0 spiro atoms. The van der Waals surface area contributed by atoms with Gasteiger partial charge in [-0.3, -0.25) is 0 Å². The van der Waals surface area contributed by atoms with Crippen LogP contribution in [0.3, 0.4) is 0 Å². The van der Waals surface area contributed by atoms with Crippen LogP contribution in [0.2, 0.25) is 0 Å². The van der Waals surface area contributed by atoms with Crippen LogP contribution in [0.1, 0.15) is 110 Å². The fraction of sp³-hybridized carbons (Fsp3) is 0.533. The molecule has 0 heterocycles. The average Bonchev–Trinajstić information content (AvgIpc) is 3.03. The Morgan fingerprint density at radius 2 is 1.23 bits per heavy atom. The van der Waals surface area contributed by atoms with Gasteiger partial charge in [0.1, 0.15) is 0 Å². The molecule has 3 rings (SSSR count). The molecule has 0 nitrogen and oxygen atoms in total. The highest BCUT2D eigenvalue weighted by Gasteiger charge is 2.28. The van der Waals surface area contributed by atoms with Crippen LogP contribution in [0.4, 0.5) is 0 Å². The Morgan fingerprint density at radius 3 is 1.67 bits per heavy atom. The van der Waals surface area contributed by atoms with E-state index < -0.39 is 0 Å². The van der Waals surface area contributed by atoms with Gasteiger partial charge in [-0.2, -0.15) is 0 Å². The van der Waals surface area contributed by atoms with Crippen LogP contribution >= 0.6 is 0 Å². The Bertz CT molecular complexity index is 944. The summed E-state index contributed by atoms with van der Waals surface area (Å²) < 4.78 is 0. The van der Waals surface area contributed by atoms with Crippen molar-refractivity contribution in [1.29, 1.82) is 0 Å². The van der Waals surface area contributed by atoms with Crippen LogP contribution in [0.15, 0.2) is 35.9 Å². The lowest BCUT2D eigenvalue weighted by atomic mass is 9.77. The van der Waals surface area contributed by atoms with Gasteiger partial charge in [0.25, 0.3) is 0 Å². The summed E-state index contributed by atoms with van der Waals surface area (Å²) >= 11 is 0. The van der Waals surface area contributed by atoms with Gasteiger partial charge in [-0.25, -0.2) is 0 Å².